The summed E-state index contributed by atoms with van der Waals surface area (Å²) in [6.07, 6.45) is 1.35. The van der Waals surface area contributed by atoms with Crippen LogP contribution in [-0.4, -0.2) is 19.1 Å². The number of amides is 2. The molecule has 0 aliphatic carbocycles. The van der Waals surface area contributed by atoms with Crippen LogP contribution in [0.1, 0.15) is 36.9 Å². The van der Waals surface area contributed by atoms with Crippen molar-refractivity contribution in [3.05, 3.63) is 76.0 Å². The predicted molar refractivity (Wildman–Crippen MR) is 111 cm³/mol. The standard InChI is InChI=1S/C22H23ClN2O4/c1-3-7-18-19(21(26)28-2)20(25-22(27)24-18)14-9-6-10-16(12-14)29-13-15-8-4-5-11-17(15)23/h4-6,8-12,20H,3,7,13H2,1-2H3,(H2,24,25,27). The topological polar surface area (TPSA) is 76.7 Å². The molecule has 2 amide bonds. The van der Waals surface area contributed by atoms with E-state index in [0.717, 1.165) is 17.5 Å². The maximum atomic E-state index is 12.5. The third-order valence-electron chi connectivity index (χ3n) is 4.60. The number of urea groups is 1. The molecule has 0 radical (unpaired) electrons. The van der Waals surface area contributed by atoms with Crippen LogP contribution in [0.5, 0.6) is 5.75 Å². The fourth-order valence-electron chi connectivity index (χ4n) is 3.23. The van der Waals surface area contributed by atoms with Gasteiger partial charge in [-0.05, 0) is 30.2 Å². The summed E-state index contributed by atoms with van der Waals surface area (Å²) < 4.78 is 10.9. The number of hydrogen-bond acceptors (Lipinski definition) is 4. The lowest BCUT2D eigenvalue weighted by atomic mass is 9.93. The van der Waals surface area contributed by atoms with Gasteiger partial charge in [0, 0.05) is 16.3 Å². The lowest BCUT2D eigenvalue weighted by Gasteiger charge is -2.29. The maximum absolute atomic E-state index is 12.5. The van der Waals surface area contributed by atoms with Crippen LogP contribution in [0, 0.1) is 0 Å². The van der Waals surface area contributed by atoms with Gasteiger partial charge in [-0.15, -0.1) is 0 Å². The Morgan fingerprint density at radius 1 is 1.17 bits per heavy atom. The molecule has 2 aromatic rings. The highest BCUT2D eigenvalue weighted by molar-refractivity contribution is 6.31. The maximum Gasteiger partial charge on any atom is 0.337 e. The second-order valence-corrected chi connectivity index (χ2v) is 7.03. The summed E-state index contributed by atoms with van der Waals surface area (Å²) in [5.74, 6) is 0.129. The van der Waals surface area contributed by atoms with Crippen LogP contribution in [0.2, 0.25) is 5.02 Å². The largest absolute Gasteiger partial charge is 0.489 e. The molecule has 0 saturated heterocycles. The molecule has 0 aromatic heterocycles. The number of methoxy groups -OCH3 is 1. The molecule has 6 nitrogen and oxygen atoms in total. The van der Waals surface area contributed by atoms with Gasteiger partial charge in [0.05, 0.1) is 18.7 Å². The van der Waals surface area contributed by atoms with Crippen molar-refractivity contribution in [2.45, 2.75) is 32.4 Å². The normalized spacial score (nSPS) is 16.1. The number of esters is 1. The van der Waals surface area contributed by atoms with Gasteiger partial charge in [0.15, 0.2) is 0 Å². The highest BCUT2D eigenvalue weighted by atomic mass is 35.5. The van der Waals surface area contributed by atoms with E-state index in [1.165, 1.54) is 7.11 Å². The van der Waals surface area contributed by atoms with Gasteiger partial charge in [-0.3, -0.25) is 0 Å². The van der Waals surface area contributed by atoms with Crippen molar-refractivity contribution in [3.63, 3.8) is 0 Å². The lowest BCUT2D eigenvalue weighted by molar-refractivity contribution is -0.136. The Hall–Kier alpha value is -2.99. The Morgan fingerprint density at radius 2 is 1.97 bits per heavy atom. The van der Waals surface area contributed by atoms with E-state index in [2.05, 4.69) is 10.6 Å². The minimum absolute atomic E-state index is 0.308. The first-order chi connectivity index (χ1) is 14.0. The van der Waals surface area contributed by atoms with Crippen LogP contribution in [0.4, 0.5) is 4.79 Å². The zero-order valence-corrected chi connectivity index (χ0v) is 17.1. The van der Waals surface area contributed by atoms with Crippen LogP contribution >= 0.6 is 11.6 Å². The van der Waals surface area contributed by atoms with Crippen LogP contribution in [-0.2, 0) is 16.1 Å². The molecule has 1 atom stereocenters. The van der Waals surface area contributed by atoms with Gasteiger partial charge in [0.2, 0.25) is 0 Å². The van der Waals surface area contributed by atoms with E-state index in [9.17, 15) is 9.59 Å². The Morgan fingerprint density at radius 3 is 2.69 bits per heavy atom. The molecule has 2 N–H and O–H groups in total. The first kappa shape index (κ1) is 20.7. The number of carbonyl (C=O) groups is 2. The highest BCUT2D eigenvalue weighted by Crippen LogP contribution is 2.31. The summed E-state index contributed by atoms with van der Waals surface area (Å²) >= 11 is 6.18. The fraction of sp³-hybridized carbons (Fsp3) is 0.273. The third-order valence-corrected chi connectivity index (χ3v) is 4.97. The molecular formula is C22H23ClN2O4. The molecule has 1 heterocycles. The smallest absolute Gasteiger partial charge is 0.337 e. The van der Waals surface area contributed by atoms with Crippen molar-refractivity contribution < 1.29 is 19.1 Å². The van der Waals surface area contributed by atoms with Crippen LogP contribution in [0.3, 0.4) is 0 Å². The van der Waals surface area contributed by atoms with Gasteiger partial charge >= 0.3 is 12.0 Å². The first-order valence-electron chi connectivity index (χ1n) is 9.38. The van der Waals surface area contributed by atoms with Crippen molar-refractivity contribution in [1.82, 2.24) is 10.6 Å². The molecule has 1 aliphatic heterocycles. The highest BCUT2D eigenvalue weighted by Gasteiger charge is 2.33. The van der Waals surface area contributed by atoms with Crippen LogP contribution in [0.25, 0.3) is 0 Å². The number of ether oxygens (including phenoxy) is 2. The summed E-state index contributed by atoms with van der Waals surface area (Å²) in [7, 11) is 1.33. The SMILES string of the molecule is CCCC1=C(C(=O)OC)C(c2cccc(OCc3ccccc3Cl)c2)NC(=O)N1. The Bertz CT molecular complexity index is 942. The van der Waals surface area contributed by atoms with E-state index in [0.29, 0.717) is 35.1 Å². The quantitative estimate of drug-likeness (QED) is 0.654. The zero-order chi connectivity index (χ0) is 20.8. The van der Waals surface area contributed by atoms with Crippen molar-refractivity contribution in [2.75, 3.05) is 7.11 Å². The summed E-state index contributed by atoms with van der Waals surface area (Å²) in [4.78, 5) is 24.6. The average Bonchev–Trinajstić information content (AvgIpc) is 2.73. The van der Waals surface area contributed by atoms with E-state index < -0.39 is 12.0 Å². The van der Waals surface area contributed by atoms with Crippen LogP contribution in [0.15, 0.2) is 59.8 Å². The third kappa shape index (κ3) is 4.90. The zero-order valence-electron chi connectivity index (χ0n) is 16.3. The van der Waals surface area contributed by atoms with Gasteiger partial charge in [-0.2, -0.15) is 0 Å². The summed E-state index contributed by atoms with van der Waals surface area (Å²) in [6, 6.07) is 13.8. The van der Waals surface area contributed by atoms with E-state index in [1.54, 1.807) is 6.07 Å². The van der Waals surface area contributed by atoms with Crippen molar-refractivity contribution in [2.24, 2.45) is 0 Å². The first-order valence-corrected chi connectivity index (χ1v) is 9.76. The predicted octanol–water partition coefficient (Wildman–Crippen LogP) is 4.50. The second-order valence-electron chi connectivity index (χ2n) is 6.62. The number of hydrogen-bond donors (Lipinski definition) is 2. The van der Waals surface area contributed by atoms with Gasteiger partial charge in [0.1, 0.15) is 12.4 Å². The fourth-order valence-corrected chi connectivity index (χ4v) is 3.42. The Kier molecular flexibility index (Phi) is 6.77. The molecule has 2 aromatic carbocycles. The monoisotopic (exact) mass is 414 g/mol. The molecule has 0 saturated carbocycles. The van der Waals surface area contributed by atoms with Gasteiger partial charge in [-0.1, -0.05) is 55.3 Å². The van der Waals surface area contributed by atoms with E-state index in [-0.39, 0.29) is 6.03 Å². The van der Waals surface area contributed by atoms with Gasteiger partial charge in [-0.25, -0.2) is 9.59 Å². The number of halogens is 1. The molecule has 152 valence electrons. The Balaban J connectivity index is 1.89. The minimum Gasteiger partial charge on any atom is -0.489 e. The molecule has 1 unspecified atom stereocenters. The van der Waals surface area contributed by atoms with Crippen molar-refractivity contribution >= 4 is 23.6 Å². The Labute approximate surface area is 174 Å². The molecule has 29 heavy (non-hydrogen) atoms. The number of allylic oxidation sites excluding steroid dienone is 1. The number of nitrogens with one attached hydrogen (secondary N) is 2. The van der Waals surface area contributed by atoms with Crippen LogP contribution < -0.4 is 15.4 Å². The van der Waals surface area contributed by atoms with Gasteiger partial charge in [0.25, 0.3) is 0 Å². The van der Waals surface area contributed by atoms with Crippen molar-refractivity contribution in [1.29, 1.82) is 0 Å². The molecular weight excluding hydrogens is 392 g/mol. The average molecular weight is 415 g/mol. The van der Waals surface area contributed by atoms with Crippen molar-refractivity contribution in [3.8, 4) is 5.75 Å². The number of benzene rings is 2. The molecule has 0 spiro atoms. The summed E-state index contributed by atoms with van der Waals surface area (Å²) in [6.45, 7) is 2.29. The summed E-state index contributed by atoms with van der Waals surface area (Å²) in [5, 5.41) is 6.18. The second kappa shape index (κ2) is 9.47. The molecule has 3 rings (SSSR count). The number of rotatable bonds is 7. The minimum atomic E-state index is -0.624. The molecule has 7 heteroatoms. The summed E-state index contributed by atoms with van der Waals surface area (Å²) in [5.41, 5.74) is 2.58. The van der Waals surface area contributed by atoms with E-state index >= 15 is 0 Å². The van der Waals surface area contributed by atoms with Gasteiger partial charge < -0.3 is 20.1 Å². The number of carbonyl (C=O) groups excluding carboxylic acids is 2. The molecule has 0 fully saturated rings. The lowest BCUT2D eigenvalue weighted by Crippen LogP contribution is -2.45. The molecule has 1 aliphatic rings. The molecule has 0 bridgehead atoms. The van der Waals surface area contributed by atoms with E-state index in [1.807, 2.05) is 49.4 Å². The van der Waals surface area contributed by atoms with E-state index in [4.69, 9.17) is 21.1 Å².